The quantitative estimate of drug-likeness (QED) is 0.289. The van der Waals surface area contributed by atoms with E-state index in [-0.39, 0.29) is 5.92 Å². The molecule has 0 fully saturated rings. The summed E-state index contributed by atoms with van der Waals surface area (Å²) in [7, 11) is 0. The Hall–Kier alpha value is -3.04. The molecule has 0 amide bonds. The van der Waals surface area contributed by atoms with E-state index in [0.717, 1.165) is 5.56 Å². The van der Waals surface area contributed by atoms with Crippen molar-refractivity contribution in [1.29, 1.82) is 0 Å². The molecule has 0 heterocycles. The van der Waals surface area contributed by atoms with Gasteiger partial charge >= 0.3 is 0 Å². The molecule has 0 nitrogen and oxygen atoms in total. The van der Waals surface area contributed by atoms with Crippen LogP contribution in [0.1, 0.15) is 5.56 Å². The van der Waals surface area contributed by atoms with Crippen LogP contribution < -0.4 is 0 Å². The Balaban J connectivity index is 1.84. The van der Waals surface area contributed by atoms with Crippen molar-refractivity contribution in [1.82, 2.24) is 0 Å². The van der Waals surface area contributed by atoms with Crippen molar-refractivity contribution in [2.45, 2.75) is 0 Å². The SMILES string of the molecule is C(#CC1C=CC=C1)c1ccc2ccc3cccc4ccc1c2c34. The molecule has 0 radical (unpaired) electrons. The molecule has 1 aliphatic rings. The van der Waals surface area contributed by atoms with Gasteiger partial charge in [0, 0.05) is 5.56 Å². The Morgan fingerprint density at radius 1 is 0.652 bits per heavy atom. The van der Waals surface area contributed by atoms with Crippen molar-refractivity contribution in [2.24, 2.45) is 5.92 Å². The highest BCUT2D eigenvalue weighted by atomic mass is 14.1. The molecule has 4 aromatic rings. The van der Waals surface area contributed by atoms with Crippen LogP contribution in [-0.2, 0) is 0 Å². The third kappa shape index (κ3) is 1.87. The van der Waals surface area contributed by atoms with Gasteiger partial charge in [-0.3, -0.25) is 0 Å². The Morgan fingerprint density at radius 3 is 2.09 bits per heavy atom. The second-order valence-corrected chi connectivity index (χ2v) is 6.03. The van der Waals surface area contributed by atoms with Crippen LogP contribution in [0.15, 0.2) is 78.9 Å². The fourth-order valence-electron chi connectivity index (χ4n) is 3.53. The summed E-state index contributed by atoms with van der Waals surface area (Å²) >= 11 is 0. The van der Waals surface area contributed by atoms with E-state index in [2.05, 4.69) is 90.7 Å². The van der Waals surface area contributed by atoms with E-state index in [9.17, 15) is 0 Å². The number of rotatable bonds is 0. The predicted octanol–water partition coefficient (Wildman–Crippen LogP) is 5.68. The molecule has 0 saturated carbocycles. The van der Waals surface area contributed by atoms with Gasteiger partial charge in [0.1, 0.15) is 0 Å². The van der Waals surface area contributed by atoms with E-state index in [4.69, 9.17) is 0 Å². The van der Waals surface area contributed by atoms with Gasteiger partial charge < -0.3 is 0 Å². The summed E-state index contributed by atoms with van der Waals surface area (Å²) in [5.74, 6) is 6.98. The zero-order valence-electron chi connectivity index (χ0n) is 12.6. The van der Waals surface area contributed by atoms with E-state index in [1.807, 2.05) is 0 Å². The fourth-order valence-corrected chi connectivity index (χ4v) is 3.53. The third-order valence-corrected chi connectivity index (χ3v) is 4.65. The van der Waals surface area contributed by atoms with Crippen molar-refractivity contribution >= 4 is 32.3 Å². The first-order chi connectivity index (χ1) is 11.4. The van der Waals surface area contributed by atoms with Crippen LogP contribution >= 0.6 is 0 Å². The van der Waals surface area contributed by atoms with Crippen LogP contribution in [0.2, 0.25) is 0 Å². The molecule has 0 saturated heterocycles. The predicted molar refractivity (Wildman–Crippen MR) is 98.8 cm³/mol. The average Bonchev–Trinajstić information content (AvgIpc) is 3.12. The van der Waals surface area contributed by atoms with Gasteiger partial charge in [-0.1, -0.05) is 84.7 Å². The van der Waals surface area contributed by atoms with Crippen LogP contribution in [0.5, 0.6) is 0 Å². The number of hydrogen-bond donors (Lipinski definition) is 0. The molecular weight excluding hydrogens is 276 g/mol. The first-order valence-electron chi connectivity index (χ1n) is 7.93. The maximum Gasteiger partial charge on any atom is 0.0573 e. The second-order valence-electron chi connectivity index (χ2n) is 6.03. The largest absolute Gasteiger partial charge is 0.0861 e. The van der Waals surface area contributed by atoms with E-state index in [1.165, 1.54) is 32.3 Å². The second kappa shape index (κ2) is 4.73. The lowest BCUT2D eigenvalue weighted by molar-refractivity contribution is 1.15. The maximum absolute atomic E-state index is 3.39. The highest BCUT2D eigenvalue weighted by molar-refractivity contribution is 6.23. The Bertz CT molecular complexity index is 1130. The molecule has 23 heavy (non-hydrogen) atoms. The summed E-state index contributed by atoms with van der Waals surface area (Å²) in [6.07, 6.45) is 8.37. The number of allylic oxidation sites excluding steroid dienone is 4. The van der Waals surface area contributed by atoms with Gasteiger partial charge in [0.25, 0.3) is 0 Å². The zero-order chi connectivity index (χ0) is 15.2. The highest BCUT2D eigenvalue weighted by Crippen LogP contribution is 2.35. The summed E-state index contributed by atoms with van der Waals surface area (Å²) in [5, 5.41) is 7.83. The number of hydrogen-bond acceptors (Lipinski definition) is 0. The van der Waals surface area contributed by atoms with Crippen LogP contribution in [0.25, 0.3) is 32.3 Å². The van der Waals surface area contributed by atoms with Crippen molar-refractivity contribution < 1.29 is 0 Å². The first kappa shape index (κ1) is 12.5. The minimum absolute atomic E-state index is 0.244. The molecule has 0 unspecified atom stereocenters. The van der Waals surface area contributed by atoms with E-state index in [1.54, 1.807) is 0 Å². The van der Waals surface area contributed by atoms with Gasteiger partial charge in [0.15, 0.2) is 0 Å². The van der Waals surface area contributed by atoms with Crippen LogP contribution in [-0.4, -0.2) is 0 Å². The van der Waals surface area contributed by atoms with Crippen molar-refractivity contribution in [3.8, 4) is 11.8 Å². The molecule has 106 valence electrons. The van der Waals surface area contributed by atoms with Crippen molar-refractivity contribution in [3.63, 3.8) is 0 Å². The van der Waals surface area contributed by atoms with Crippen molar-refractivity contribution in [3.05, 3.63) is 84.5 Å². The topological polar surface area (TPSA) is 0 Å². The summed E-state index contributed by atoms with van der Waals surface area (Å²) in [6, 6.07) is 19.7. The van der Waals surface area contributed by atoms with Gasteiger partial charge in [0.05, 0.1) is 5.92 Å². The molecule has 4 aromatic carbocycles. The minimum Gasteiger partial charge on any atom is -0.0861 e. The third-order valence-electron chi connectivity index (χ3n) is 4.65. The number of benzene rings is 4. The molecule has 0 heteroatoms. The van der Waals surface area contributed by atoms with E-state index < -0.39 is 0 Å². The monoisotopic (exact) mass is 290 g/mol. The van der Waals surface area contributed by atoms with E-state index in [0.29, 0.717) is 0 Å². The Morgan fingerprint density at radius 2 is 1.30 bits per heavy atom. The maximum atomic E-state index is 3.39. The lowest BCUT2D eigenvalue weighted by Crippen LogP contribution is -1.87. The molecule has 0 aliphatic heterocycles. The van der Waals surface area contributed by atoms with Gasteiger partial charge in [-0.2, -0.15) is 0 Å². The Labute approximate surface area is 135 Å². The molecule has 0 atom stereocenters. The van der Waals surface area contributed by atoms with Gasteiger partial charge in [-0.25, -0.2) is 0 Å². The van der Waals surface area contributed by atoms with Gasteiger partial charge in [-0.05, 0) is 38.4 Å². The lowest BCUT2D eigenvalue weighted by Gasteiger charge is -2.11. The summed E-state index contributed by atoms with van der Waals surface area (Å²) in [4.78, 5) is 0. The summed E-state index contributed by atoms with van der Waals surface area (Å²) < 4.78 is 0. The fraction of sp³-hybridized carbons (Fsp3) is 0.0435. The average molecular weight is 290 g/mol. The van der Waals surface area contributed by atoms with E-state index >= 15 is 0 Å². The molecule has 0 bridgehead atoms. The smallest absolute Gasteiger partial charge is 0.0573 e. The molecule has 0 spiro atoms. The lowest BCUT2D eigenvalue weighted by atomic mass is 9.92. The minimum atomic E-state index is 0.244. The zero-order valence-corrected chi connectivity index (χ0v) is 12.6. The molecule has 5 rings (SSSR count). The Kier molecular flexibility index (Phi) is 2.57. The van der Waals surface area contributed by atoms with Gasteiger partial charge in [0.2, 0.25) is 0 Å². The standard InChI is InChI=1S/C23H14/c1-2-5-16(4-1)8-9-17-10-11-20-13-12-18-6-3-7-19-14-15-21(17)23(20)22(18)19/h1-7,10-16H. The molecular formula is C23H14. The van der Waals surface area contributed by atoms with Crippen LogP contribution in [0.3, 0.4) is 0 Å². The molecule has 0 aromatic heterocycles. The summed E-state index contributed by atoms with van der Waals surface area (Å²) in [5.41, 5.74) is 1.12. The molecule has 0 N–H and O–H groups in total. The normalized spacial score (nSPS) is 14.1. The van der Waals surface area contributed by atoms with Gasteiger partial charge in [-0.15, -0.1) is 0 Å². The first-order valence-corrected chi connectivity index (χ1v) is 7.93. The van der Waals surface area contributed by atoms with Crippen LogP contribution in [0.4, 0.5) is 0 Å². The summed E-state index contributed by atoms with van der Waals surface area (Å²) in [6.45, 7) is 0. The van der Waals surface area contributed by atoms with Crippen LogP contribution in [0, 0.1) is 17.8 Å². The molecule has 1 aliphatic carbocycles. The highest BCUT2D eigenvalue weighted by Gasteiger charge is 2.09. The van der Waals surface area contributed by atoms with Crippen molar-refractivity contribution in [2.75, 3.05) is 0 Å².